The lowest BCUT2D eigenvalue weighted by molar-refractivity contribution is 0.661. The summed E-state index contributed by atoms with van der Waals surface area (Å²) in [5.74, 6) is 0.672. The molecular formula is C49H33N3O. The second-order valence-electron chi connectivity index (χ2n) is 14.6. The van der Waals surface area contributed by atoms with Crippen LogP contribution < -0.4 is 0 Å². The molecule has 0 atom stereocenters. The lowest BCUT2D eigenvalue weighted by atomic mass is 9.82. The van der Waals surface area contributed by atoms with E-state index < -0.39 is 0 Å². The highest BCUT2D eigenvalue weighted by Crippen LogP contribution is 2.51. The molecule has 1 aliphatic rings. The van der Waals surface area contributed by atoms with Gasteiger partial charge in [-0.05, 0) is 76.9 Å². The molecule has 0 saturated carbocycles. The zero-order chi connectivity index (χ0) is 35.3. The van der Waals surface area contributed by atoms with Gasteiger partial charge in [-0.2, -0.15) is 0 Å². The van der Waals surface area contributed by atoms with Crippen molar-refractivity contribution in [2.45, 2.75) is 19.3 Å². The molecule has 0 radical (unpaired) electrons. The maximum atomic E-state index is 6.28. The van der Waals surface area contributed by atoms with Crippen LogP contribution in [-0.2, 0) is 5.41 Å². The average Bonchev–Trinajstić information content (AvgIpc) is 3.82. The van der Waals surface area contributed by atoms with Gasteiger partial charge < -0.3 is 8.98 Å². The number of hydrogen-bond donors (Lipinski definition) is 0. The minimum absolute atomic E-state index is 0.100. The first-order valence-electron chi connectivity index (χ1n) is 18.2. The summed E-state index contributed by atoms with van der Waals surface area (Å²) < 4.78 is 8.69. The third kappa shape index (κ3) is 4.49. The fraction of sp³-hybridized carbons (Fsp3) is 0.0612. The summed E-state index contributed by atoms with van der Waals surface area (Å²) in [4.78, 5) is 10.4. The van der Waals surface area contributed by atoms with Crippen molar-refractivity contribution in [1.29, 1.82) is 0 Å². The fourth-order valence-electron chi connectivity index (χ4n) is 8.59. The molecule has 0 fully saturated rings. The predicted molar refractivity (Wildman–Crippen MR) is 218 cm³/mol. The quantitative estimate of drug-likeness (QED) is 0.186. The first kappa shape index (κ1) is 29.9. The minimum atomic E-state index is -0.100. The first-order chi connectivity index (χ1) is 26.0. The number of rotatable bonds is 4. The van der Waals surface area contributed by atoms with Crippen molar-refractivity contribution in [2.24, 2.45) is 0 Å². The molecule has 0 spiro atoms. The molecule has 0 aliphatic heterocycles. The standard InChI is InChI=1S/C49H33N3O/c1-49(2)40-20-9-6-17-34(40)38-27-39-35-18-7-10-21-44(35)52(45(39)28-41(38)49)33-16-12-15-32(25-33)48-50-42(30-13-4-3-5-14-30)29-43(51-48)31-23-24-37-36-19-8-11-22-46(36)53-47(37)26-31/h3-29H,1-2H3. The molecule has 0 unspecified atom stereocenters. The van der Waals surface area contributed by atoms with Crippen LogP contribution in [0.15, 0.2) is 168 Å². The molecule has 3 heterocycles. The molecular weight excluding hydrogens is 647 g/mol. The van der Waals surface area contributed by atoms with E-state index in [-0.39, 0.29) is 5.41 Å². The molecule has 0 bridgehead atoms. The molecule has 0 N–H and O–H groups in total. The van der Waals surface area contributed by atoms with Crippen molar-refractivity contribution >= 4 is 43.7 Å². The summed E-state index contributed by atoms with van der Waals surface area (Å²) in [5, 5.41) is 4.70. The van der Waals surface area contributed by atoms with Gasteiger partial charge in [0.15, 0.2) is 5.82 Å². The SMILES string of the molecule is CC1(C)c2ccccc2-c2cc3c4ccccc4n(-c4cccc(-c5nc(-c6ccccc6)cc(-c6ccc7c(c6)oc6ccccc67)n5)c4)c3cc21. The van der Waals surface area contributed by atoms with E-state index in [0.717, 1.165) is 55.7 Å². The second-order valence-corrected chi connectivity index (χ2v) is 14.6. The number of hydrogen-bond acceptors (Lipinski definition) is 3. The molecule has 1 aliphatic carbocycles. The van der Waals surface area contributed by atoms with Crippen LogP contribution in [0, 0.1) is 0 Å². The van der Waals surface area contributed by atoms with Crippen molar-refractivity contribution in [1.82, 2.24) is 14.5 Å². The Bertz CT molecular complexity index is 3090. The highest BCUT2D eigenvalue weighted by molar-refractivity contribution is 6.12. The third-order valence-electron chi connectivity index (χ3n) is 11.2. The summed E-state index contributed by atoms with van der Waals surface area (Å²) in [6.07, 6.45) is 0. The maximum absolute atomic E-state index is 6.28. The van der Waals surface area contributed by atoms with E-state index in [2.05, 4.69) is 158 Å². The largest absolute Gasteiger partial charge is 0.456 e. The second kappa shape index (κ2) is 11.1. The molecule has 7 aromatic carbocycles. The van der Waals surface area contributed by atoms with Gasteiger partial charge in [0.1, 0.15) is 11.2 Å². The van der Waals surface area contributed by atoms with Gasteiger partial charge in [0.2, 0.25) is 0 Å². The van der Waals surface area contributed by atoms with Crippen LogP contribution in [0.4, 0.5) is 0 Å². The topological polar surface area (TPSA) is 43.9 Å². The van der Waals surface area contributed by atoms with Crippen molar-refractivity contribution < 1.29 is 4.42 Å². The van der Waals surface area contributed by atoms with Crippen molar-refractivity contribution in [2.75, 3.05) is 0 Å². The first-order valence-corrected chi connectivity index (χ1v) is 18.2. The van der Waals surface area contributed by atoms with Gasteiger partial charge >= 0.3 is 0 Å². The Labute approximate surface area is 306 Å². The highest BCUT2D eigenvalue weighted by atomic mass is 16.3. The fourth-order valence-corrected chi connectivity index (χ4v) is 8.59. The number of furan rings is 1. The monoisotopic (exact) mass is 679 g/mol. The summed E-state index contributed by atoms with van der Waals surface area (Å²) in [5.41, 5.74) is 15.1. The highest BCUT2D eigenvalue weighted by Gasteiger charge is 2.36. The molecule has 4 heteroatoms. The van der Waals surface area contributed by atoms with E-state index in [1.807, 2.05) is 24.3 Å². The summed E-state index contributed by atoms with van der Waals surface area (Å²) in [7, 11) is 0. The Morgan fingerprint density at radius 1 is 0.453 bits per heavy atom. The Morgan fingerprint density at radius 3 is 2.06 bits per heavy atom. The normalized spacial score (nSPS) is 13.2. The lowest BCUT2D eigenvalue weighted by Crippen LogP contribution is -2.14. The smallest absolute Gasteiger partial charge is 0.160 e. The minimum Gasteiger partial charge on any atom is -0.456 e. The van der Waals surface area contributed by atoms with E-state index in [1.54, 1.807) is 0 Å². The van der Waals surface area contributed by atoms with Gasteiger partial charge in [-0.15, -0.1) is 0 Å². The molecule has 3 aromatic heterocycles. The van der Waals surface area contributed by atoms with Crippen molar-refractivity contribution in [3.05, 3.63) is 175 Å². The number of nitrogens with zero attached hydrogens (tertiary/aromatic N) is 3. The van der Waals surface area contributed by atoms with Gasteiger partial charge in [-0.1, -0.05) is 123 Å². The van der Waals surface area contributed by atoms with Crippen LogP contribution in [0.25, 0.3) is 94.5 Å². The Kier molecular flexibility index (Phi) is 6.27. The van der Waals surface area contributed by atoms with Crippen LogP contribution >= 0.6 is 0 Å². The Morgan fingerprint density at radius 2 is 1.17 bits per heavy atom. The van der Waals surface area contributed by atoms with E-state index in [4.69, 9.17) is 14.4 Å². The molecule has 53 heavy (non-hydrogen) atoms. The van der Waals surface area contributed by atoms with E-state index >= 15 is 0 Å². The van der Waals surface area contributed by atoms with Gasteiger partial charge in [0, 0.05) is 49.3 Å². The lowest BCUT2D eigenvalue weighted by Gasteiger charge is -2.21. The molecule has 10 aromatic rings. The maximum Gasteiger partial charge on any atom is 0.160 e. The summed E-state index contributed by atoms with van der Waals surface area (Å²) in [6.45, 7) is 4.69. The number of para-hydroxylation sites is 2. The number of fused-ring (bicyclic) bond motifs is 9. The molecule has 11 rings (SSSR count). The van der Waals surface area contributed by atoms with Crippen LogP contribution in [-0.4, -0.2) is 14.5 Å². The van der Waals surface area contributed by atoms with Crippen LogP contribution in [0.2, 0.25) is 0 Å². The van der Waals surface area contributed by atoms with Gasteiger partial charge in [0.05, 0.1) is 22.4 Å². The Balaban J connectivity index is 1.10. The van der Waals surface area contributed by atoms with E-state index in [9.17, 15) is 0 Å². The summed E-state index contributed by atoms with van der Waals surface area (Å²) >= 11 is 0. The number of benzene rings is 7. The zero-order valence-corrected chi connectivity index (χ0v) is 29.3. The van der Waals surface area contributed by atoms with Crippen LogP contribution in [0.1, 0.15) is 25.0 Å². The van der Waals surface area contributed by atoms with E-state index in [1.165, 1.54) is 44.1 Å². The van der Waals surface area contributed by atoms with Crippen molar-refractivity contribution in [3.63, 3.8) is 0 Å². The van der Waals surface area contributed by atoms with Crippen molar-refractivity contribution in [3.8, 4) is 50.7 Å². The molecule has 0 amide bonds. The van der Waals surface area contributed by atoms with Crippen LogP contribution in [0.5, 0.6) is 0 Å². The van der Waals surface area contributed by atoms with Crippen LogP contribution in [0.3, 0.4) is 0 Å². The molecule has 0 saturated heterocycles. The van der Waals surface area contributed by atoms with Gasteiger partial charge in [-0.25, -0.2) is 9.97 Å². The predicted octanol–water partition coefficient (Wildman–Crippen LogP) is 12.8. The van der Waals surface area contributed by atoms with E-state index in [0.29, 0.717) is 5.82 Å². The van der Waals surface area contributed by atoms with Gasteiger partial charge in [0.25, 0.3) is 0 Å². The summed E-state index contributed by atoms with van der Waals surface area (Å²) in [6, 6.07) is 58.1. The molecule has 4 nitrogen and oxygen atoms in total. The Hall–Kier alpha value is -6.78. The molecule has 250 valence electrons. The average molecular weight is 680 g/mol. The third-order valence-corrected chi connectivity index (χ3v) is 11.2. The zero-order valence-electron chi connectivity index (χ0n) is 29.3. The van der Waals surface area contributed by atoms with Gasteiger partial charge in [-0.3, -0.25) is 0 Å². The number of aromatic nitrogens is 3.